The Labute approximate surface area is 164 Å². The highest BCUT2D eigenvalue weighted by atomic mass is 79.9. The van der Waals surface area contributed by atoms with Crippen molar-refractivity contribution in [3.63, 3.8) is 0 Å². The van der Waals surface area contributed by atoms with Crippen LogP contribution < -0.4 is 9.64 Å². The van der Waals surface area contributed by atoms with E-state index < -0.39 is 5.97 Å². The van der Waals surface area contributed by atoms with Gasteiger partial charge in [0.25, 0.3) is 5.91 Å². The van der Waals surface area contributed by atoms with Crippen LogP contribution in [0.25, 0.3) is 0 Å². The van der Waals surface area contributed by atoms with Gasteiger partial charge in [-0.05, 0) is 71.4 Å². The van der Waals surface area contributed by atoms with E-state index in [1.165, 1.54) is 11.3 Å². The van der Waals surface area contributed by atoms with E-state index in [0.717, 1.165) is 9.35 Å². The van der Waals surface area contributed by atoms with Crippen LogP contribution in [0.3, 0.4) is 0 Å². The van der Waals surface area contributed by atoms with Crippen molar-refractivity contribution in [2.45, 2.75) is 6.92 Å². The Morgan fingerprint density at radius 2 is 1.62 bits per heavy atom. The molecule has 3 rings (SSSR count). The summed E-state index contributed by atoms with van der Waals surface area (Å²) in [5, 5.41) is 0. The Balaban J connectivity index is 1.69. The van der Waals surface area contributed by atoms with Crippen molar-refractivity contribution < 1.29 is 14.3 Å². The van der Waals surface area contributed by atoms with Gasteiger partial charge in [0.05, 0.1) is 3.79 Å². The van der Waals surface area contributed by atoms with Gasteiger partial charge in [0.1, 0.15) is 10.6 Å². The van der Waals surface area contributed by atoms with Crippen LogP contribution in [0, 0.1) is 6.92 Å². The van der Waals surface area contributed by atoms with Crippen molar-refractivity contribution in [1.82, 2.24) is 0 Å². The number of esters is 1. The highest BCUT2D eigenvalue weighted by molar-refractivity contribution is 9.11. The summed E-state index contributed by atoms with van der Waals surface area (Å²) in [5.74, 6) is -0.0739. The third-order valence-corrected chi connectivity index (χ3v) is 5.42. The number of benzene rings is 2. The zero-order chi connectivity index (χ0) is 18.7. The Bertz CT molecular complexity index is 932. The normalized spacial score (nSPS) is 10.4. The molecule has 0 N–H and O–H groups in total. The number of hydrogen-bond donors (Lipinski definition) is 0. The second-order valence-electron chi connectivity index (χ2n) is 5.72. The number of hydrogen-bond acceptors (Lipinski definition) is 4. The number of carbonyl (C=O) groups excluding carboxylic acids is 2. The first-order chi connectivity index (χ1) is 12.4. The summed E-state index contributed by atoms with van der Waals surface area (Å²) in [6.45, 7) is 1.98. The molecule has 4 nitrogen and oxygen atoms in total. The number of amides is 1. The lowest BCUT2D eigenvalue weighted by atomic mass is 10.1. The first-order valence-corrected chi connectivity index (χ1v) is 9.47. The number of anilines is 1. The van der Waals surface area contributed by atoms with Crippen LogP contribution in [-0.2, 0) is 0 Å². The molecule has 1 amide bonds. The summed E-state index contributed by atoms with van der Waals surface area (Å²) in [7, 11) is 1.71. The minimum absolute atomic E-state index is 0.0989. The van der Waals surface area contributed by atoms with Gasteiger partial charge >= 0.3 is 5.97 Å². The smallest absolute Gasteiger partial charge is 0.353 e. The van der Waals surface area contributed by atoms with E-state index in [1.54, 1.807) is 48.3 Å². The molecule has 0 saturated heterocycles. The van der Waals surface area contributed by atoms with Crippen molar-refractivity contribution in [2.24, 2.45) is 0 Å². The SMILES string of the molecule is Cc1ccc(C(=O)N(C)c2ccc(OC(=O)c3ccc(Br)s3)cc2)cc1. The lowest BCUT2D eigenvalue weighted by molar-refractivity contribution is 0.0739. The van der Waals surface area contributed by atoms with Gasteiger partial charge in [-0.1, -0.05) is 17.7 Å². The molecule has 1 aromatic heterocycles. The van der Waals surface area contributed by atoms with Crippen molar-refractivity contribution >= 4 is 44.8 Å². The predicted octanol–water partition coefficient (Wildman–Crippen LogP) is 5.31. The zero-order valence-electron chi connectivity index (χ0n) is 14.2. The van der Waals surface area contributed by atoms with Crippen molar-refractivity contribution in [1.29, 1.82) is 0 Å². The third-order valence-electron chi connectivity index (χ3n) is 3.81. The van der Waals surface area contributed by atoms with Crippen LogP contribution in [0.15, 0.2) is 64.5 Å². The average molecular weight is 430 g/mol. The van der Waals surface area contributed by atoms with Gasteiger partial charge in [-0.3, -0.25) is 4.79 Å². The number of carbonyl (C=O) groups is 2. The van der Waals surface area contributed by atoms with E-state index >= 15 is 0 Å². The molecule has 0 spiro atoms. The first-order valence-electron chi connectivity index (χ1n) is 7.86. The lowest BCUT2D eigenvalue weighted by Crippen LogP contribution is -2.26. The van der Waals surface area contributed by atoms with Gasteiger partial charge in [0, 0.05) is 18.3 Å². The fraction of sp³-hybridized carbons (Fsp3) is 0.100. The Kier molecular flexibility index (Phi) is 5.54. The van der Waals surface area contributed by atoms with E-state index in [0.29, 0.717) is 21.9 Å². The molecule has 0 bridgehead atoms. The van der Waals surface area contributed by atoms with E-state index in [4.69, 9.17) is 4.74 Å². The van der Waals surface area contributed by atoms with Crippen molar-refractivity contribution in [3.8, 4) is 5.75 Å². The number of thiophene rings is 1. The Hall–Kier alpha value is -2.44. The van der Waals surface area contributed by atoms with Gasteiger partial charge in [-0.15, -0.1) is 11.3 Å². The molecular formula is C20H16BrNO3S. The van der Waals surface area contributed by atoms with Gasteiger partial charge in [-0.2, -0.15) is 0 Å². The van der Waals surface area contributed by atoms with Gasteiger partial charge in [0.15, 0.2) is 0 Å². The summed E-state index contributed by atoms with van der Waals surface area (Å²) >= 11 is 4.64. The molecule has 0 unspecified atom stereocenters. The van der Waals surface area contributed by atoms with E-state index in [2.05, 4.69) is 15.9 Å². The fourth-order valence-corrected chi connectivity index (χ4v) is 3.59. The topological polar surface area (TPSA) is 46.6 Å². The minimum Gasteiger partial charge on any atom is -0.422 e. The van der Waals surface area contributed by atoms with Crippen molar-refractivity contribution in [3.05, 3.63) is 80.5 Å². The zero-order valence-corrected chi connectivity index (χ0v) is 16.6. The molecule has 2 aromatic carbocycles. The quantitative estimate of drug-likeness (QED) is 0.416. The summed E-state index contributed by atoms with van der Waals surface area (Å²) in [4.78, 5) is 26.7. The molecule has 0 aliphatic heterocycles. The maximum atomic E-state index is 12.5. The number of rotatable bonds is 4. The fourth-order valence-electron chi connectivity index (χ4n) is 2.33. The first kappa shape index (κ1) is 18.4. The molecule has 6 heteroatoms. The Morgan fingerprint density at radius 3 is 2.19 bits per heavy atom. The van der Waals surface area contributed by atoms with E-state index in [1.807, 2.05) is 31.2 Å². The van der Waals surface area contributed by atoms with Crippen molar-refractivity contribution in [2.75, 3.05) is 11.9 Å². The molecule has 132 valence electrons. The molecule has 26 heavy (non-hydrogen) atoms. The monoisotopic (exact) mass is 429 g/mol. The van der Waals surface area contributed by atoms with Crippen LogP contribution in [0.5, 0.6) is 5.75 Å². The van der Waals surface area contributed by atoms with Crippen LogP contribution in [0.2, 0.25) is 0 Å². The molecule has 0 radical (unpaired) electrons. The van der Waals surface area contributed by atoms with Gasteiger partial charge < -0.3 is 9.64 Å². The molecule has 0 aliphatic rings. The number of ether oxygens (including phenoxy) is 1. The van der Waals surface area contributed by atoms with Crippen LogP contribution in [-0.4, -0.2) is 18.9 Å². The molecule has 0 saturated carbocycles. The molecule has 3 aromatic rings. The van der Waals surface area contributed by atoms with Crippen LogP contribution in [0.1, 0.15) is 25.6 Å². The molecule has 1 heterocycles. The number of aryl methyl sites for hydroxylation is 1. The summed E-state index contributed by atoms with van der Waals surface area (Å²) in [5.41, 5.74) is 2.44. The molecule has 0 atom stereocenters. The summed E-state index contributed by atoms with van der Waals surface area (Å²) < 4.78 is 6.23. The van der Waals surface area contributed by atoms with E-state index in [9.17, 15) is 9.59 Å². The third kappa shape index (κ3) is 4.20. The maximum Gasteiger partial charge on any atom is 0.353 e. The van der Waals surface area contributed by atoms with Crippen LogP contribution in [0.4, 0.5) is 5.69 Å². The maximum absolute atomic E-state index is 12.5. The van der Waals surface area contributed by atoms with Gasteiger partial charge in [0.2, 0.25) is 0 Å². The minimum atomic E-state index is -0.405. The number of halogens is 1. The van der Waals surface area contributed by atoms with Crippen LogP contribution >= 0.6 is 27.3 Å². The highest BCUT2D eigenvalue weighted by Gasteiger charge is 2.15. The largest absolute Gasteiger partial charge is 0.422 e. The predicted molar refractivity (Wildman–Crippen MR) is 107 cm³/mol. The second-order valence-corrected chi connectivity index (χ2v) is 8.18. The lowest BCUT2D eigenvalue weighted by Gasteiger charge is -2.18. The molecular weight excluding hydrogens is 414 g/mol. The van der Waals surface area contributed by atoms with E-state index in [-0.39, 0.29) is 5.91 Å². The average Bonchev–Trinajstić information content (AvgIpc) is 3.08. The summed E-state index contributed by atoms with van der Waals surface area (Å²) in [6, 6.07) is 17.8. The molecule has 0 aliphatic carbocycles. The second kappa shape index (κ2) is 7.85. The summed E-state index contributed by atoms with van der Waals surface area (Å²) in [6.07, 6.45) is 0. The molecule has 0 fully saturated rings. The Morgan fingerprint density at radius 1 is 0.962 bits per heavy atom. The highest BCUT2D eigenvalue weighted by Crippen LogP contribution is 2.25. The number of nitrogens with zero attached hydrogens (tertiary/aromatic N) is 1. The van der Waals surface area contributed by atoms with Gasteiger partial charge in [-0.25, -0.2) is 4.79 Å². The standard InChI is InChI=1S/C20H16BrNO3S/c1-13-3-5-14(6-4-13)19(23)22(2)15-7-9-16(10-8-15)25-20(24)17-11-12-18(21)26-17/h3-12H,1-2H3.